The van der Waals surface area contributed by atoms with Gasteiger partial charge in [-0.3, -0.25) is 0 Å². The number of carboxylic acids is 2. The quantitative estimate of drug-likeness (QED) is 0.416. The van der Waals surface area contributed by atoms with E-state index >= 15 is 0 Å². The molecule has 0 fully saturated rings. The van der Waals surface area contributed by atoms with E-state index in [-0.39, 0.29) is 0 Å². The van der Waals surface area contributed by atoms with E-state index < -0.39 is 32.6 Å². The van der Waals surface area contributed by atoms with Crippen molar-refractivity contribution in [3.05, 3.63) is 0 Å². The first-order chi connectivity index (χ1) is 5.63. The molecule has 0 unspecified atom stereocenters. The van der Waals surface area contributed by atoms with Gasteiger partial charge in [0.15, 0.2) is 0 Å². The Kier molecular flexibility index (Phi) is 7.34. The second kappa shape index (κ2) is 6.55. The number of hydrogen-bond donors (Lipinski definition) is 0. The van der Waals surface area contributed by atoms with Crippen LogP contribution >= 0.6 is 7.82 Å². The largest absolute Gasteiger partial charge is 0.822 e. The van der Waals surface area contributed by atoms with Crippen LogP contribution in [0, 0.1) is 0 Å². The number of rotatable bonds is 3. The Labute approximate surface area is 72.7 Å². The van der Waals surface area contributed by atoms with Gasteiger partial charge in [-0.25, -0.2) is 0 Å². The molecule has 0 aromatic rings. The van der Waals surface area contributed by atoms with Crippen molar-refractivity contribution in [2.75, 3.05) is 0 Å². The molecule has 0 aromatic heterocycles. The summed E-state index contributed by atoms with van der Waals surface area (Å²) in [4.78, 5) is 44.6. The third-order valence-corrected chi connectivity index (χ3v) is 0.533. The second-order valence-electron chi connectivity index (χ2n) is 1.69. The first kappa shape index (κ1) is 14.6. The van der Waals surface area contributed by atoms with Crippen LogP contribution in [-0.2, 0) is 14.2 Å². The molecule has 0 saturated heterocycles. The monoisotopic (exact) mass is 211 g/mol. The van der Waals surface area contributed by atoms with E-state index in [4.69, 9.17) is 19.2 Å². The normalized spacial score (nSPS) is 9.77. The third kappa shape index (κ3) is 55.2. The summed E-state index contributed by atoms with van der Waals surface area (Å²) >= 11 is 0. The standard InChI is InChI=1S/C4H6O4.H3O4P/c5-3(6)1-2-4(7)8;1-5(2,3)4/h1-2H2,(H,5,6)(H,7,8);(H3,1,2,3,4)/p-5. The van der Waals surface area contributed by atoms with Gasteiger partial charge in [-0.15, -0.1) is 0 Å². The van der Waals surface area contributed by atoms with Crippen molar-refractivity contribution in [1.82, 2.24) is 0 Å². The first-order valence-electron chi connectivity index (χ1n) is 2.75. The number of aliphatic carboxylic acids is 2. The molecule has 0 saturated carbocycles. The average molecular weight is 211 g/mol. The zero-order valence-corrected chi connectivity index (χ0v) is 7.02. The van der Waals surface area contributed by atoms with Crippen LogP contribution in [0.25, 0.3) is 0 Å². The maximum atomic E-state index is 9.50. The highest BCUT2D eigenvalue weighted by molar-refractivity contribution is 7.40. The highest BCUT2D eigenvalue weighted by atomic mass is 31.2. The summed E-state index contributed by atoms with van der Waals surface area (Å²) in [5, 5.41) is 19.0. The van der Waals surface area contributed by atoms with E-state index in [9.17, 15) is 19.8 Å². The number of hydrogen-bond acceptors (Lipinski definition) is 8. The Morgan fingerprint density at radius 2 is 1.08 bits per heavy atom. The first-order valence-corrected chi connectivity index (χ1v) is 4.21. The van der Waals surface area contributed by atoms with Crippen LogP contribution in [0.3, 0.4) is 0 Å². The fourth-order valence-corrected chi connectivity index (χ4v) is 0.204. The molecule has 9 heteroatoms. The SMILES string of the molecule is O=C([O-])CCC(=O)[O-].O=P([O-])([O-])[O-]. The molecular weight excluding hydrogens is 207 g/mol. The molecule has 0 aliphatic heterocycles. The summed E-state index contributed by atoms with van der Waals surface area (Å²) in [6.45, 7) is 0. The van der Waals surface area contributed by atoms with Crippen molar-refractivity contribution in [3.8, 4) is 0 Å². The van der Waals surface area contributed by atoms with E-state index in [1.54, 1.807) is 0 Å². The van der Waals surface area contributed by atoms with Crippen molar-refractivity contribution in [2.24, 2.45) is 0 Å². The van der Waals surface area contributed by atoms with Crippen LogP contribution in [0.2, 0.25) is 0 Å². The third-order valence-electron chi connectivity index (χ3n) is 0.533. The van der Waals surface area contributed by atoms with Crippen LogP contribution < -0.4 is 24.9 Å². The Morgan fingerprint density at radius 1 is 0.923 bits per heavy atom. The lowest BCUT2D eigenvalue weighted by Gasteiger charge is -2.36. The van der Waals surface area contributed by atoms with E-state index in [1.165, 1.54) is 0 Å². The zero-order chi connectivity index (χ0) is 11.1. The zero-order valence-electron chi connectivity index (χ0n) is 6.13. The summed E-state index contributed by atoms with van der Waals surface area (Å²) in [6, 6.07) is 0. The maximum Gasteiger partial charge on any atom is 0.0418 e. The van der Waals surface area contributed by atoms with Crippen molar-refractivity contribution in [1.29, 1.82) is 0 Å². The molecule has 0 N–H and O–H groups in total. The summed E-state index contributed by atoms with van der Waals surface area (Å²) in [5.41, 5.74) is 0. The lowest BCUT2D eigenvalue weighted by molar-refractivity contribution is -0.432. The molecule has 0 aliphatic carbocycles. The Balaban J connectivity index is 0. The molecule has 0 spiro atoms. The van der Waals surface area contributed by atoms with Crippen molar-refractivity contribution in [3.63, 3.8) is 0 Å². The predicted octanol–water partition coefficient (Wildman–Crippen LogP) is -5.56. The average Bonchev–Trinajstić information content (AvgIpc) is 1.79. The number of phosphoric acid groups is 1. The second-order valence-corrected chi connectivity index (χ2v) is 2.59. The minimum atomic E-state index is -5.39. The van der Waals surface area contributed by atoms with Crippen LogP contribution in [-0.4, -0.2) is 11.9 Å². The van der Waals surface area contributed by atoms with Gasteiger partial charge >= 0.3 is 0 Å². The van der Waals surface area contributed by atoms with Gasteiger partial charge in [0, 0.05) is 11.9 Å². The van der Waals surface area contributed by atoms with Crippen molar-refractivity contribution in [2.45, 2.75) is 12.8 Å². The van der Waals surface area contributed by atoms with Gasteiger partial charge < -0.3 is 39.0 Å². The van der Waals surface area contributed by atoms with Crippen LogP contribution in [0.1, 0.15) is 12.8 Å². The minimum Gasteiger partial charge on any atom is -0.822 e. The van der Waals surface area contributed by atoms with Gasteiger partial charge in [-0.2, -0.15) is 7.82 Å². The summed E-state index contributed by atoms with van der Waals surface area (Å²) in [5.74, 6) is -2.73. The van der Waals surface area contributed by atoms with Crippen molar-refractivity contribution < 1.29 is 39.0 Å². The fraction of sp³-hybridized carbons (Fsp3) is 0.500. The molecule has 0 heterocycles. The summed E-state index contributed by atoms with van der Waals surface area (Å²) < 4.78 is 8.55. The molecule has 0 radical (unpaired) electrons. The lowest BCUT2D eigenvalue weighted by atomic mass is 10.3. The van der Waals surface area contributed by atoms with Gasteiger partial charge in [0.1, 0.15) is 0 Å². The smallest absolute Gasteiger partial charge is 0.0418 e. The molecule has 0 atom stereocenters. The topological polar surface area (TPSA) is 167 Å². The molecular formula is C4H4O8P-5. The van der Waals surface area contributed by atoms with Crippen LogP contribution in [0.4, 0.5) is 0 Å². The Hall–Kier alpha value is -0.950. The molecule has 78 valence electrons. The van der Waals surface area contributed by atoms with Gasteiger partial charge in [0.2, 0.25) is 0 Å². The van der Waals surface area contributed by atoms with E-state index in [0.717, 1.165) is 0 Å². The highest BCUT2D eigenvalue weighted by Crippen LogP contribution is 2.03. The molecule has 8 nitrogen and oxygen atoms in total. The van der Waals surface area contributed by atoms with Crippen molar-refractivity contribution >= 4 is 19.8 Å². The predicted molar refractivity (Wildman–Crippen MR) is 26.9 cm³/mol. The maximum absolute atomic E-state index is 9.50. The summed E-state index contributed by atoms with van der Waals surface area (Å²) in [7, 11) is -5.39. The van der Waals surface area contributed by atoms with E-state index in [1.807, 2.05) is 0 Å². The van der Waals surface area contributed by atoms with E-state index in [2.05, 4.69) is 0 Å². The molecule has 0 aliphatic rings. The fourth-order valence-electron chi connectivity index (χ4n) is 0.204. The van der Waals surface area contributed by atoms with Gasteiger partial charge in [-0.05, 0) is 12.8 Å². The minimum absolute atomic E-state index is 0.470. The lowest BCUT2D eigenvalue weighted by Crippen LogP contribution is -2.27. The summed E-state index contributed by atoms with van der Waals surface area (Å²) in [6.07, 6.45) is -0.940. The Bertz CT molecular complexity index is 194. The Morgan fingerprint density at radius 3 is 1.15 bits per heavy atom. The van der Waals surface area contributed by atoms with Gasteiger partial charge in [0.05, 0.1) is 0 Å². The molecule has 0 amide bonds. The molecule has 0 bridgehead atoms. The molecule has 0 aromatic carbocycles. The number of carbonyl (C=O) groups excluding carboxylic acids is 2. The number of carbonyl (C=O) groups is 2. The van der Waals surface area contributed by atoms with Gasteiger partial charge in [-0.1, -0.05) is 0 Å². The van der Waals surface area contributed by atoms with Crippen LogP contribution in [0.5, 0.6) is 0 Å². The number of carboxylic acid groups (broad SMARTS) is 2. The van der Waals surface area contributed by atoms with E-state index in [0.29, 0.717) is 0 Å². The van der Waals surface area contributed by atoms with Gasteiger partial charge in [0.25, 0.3) is 0 Å². The molecule has 13 heavy (non-hydrogen) atoms. The highest BCUT2D eigenvalue weighted by Gasteiger charge is 1.85. The van der Waals surface area contributed by atoms with Crippen LogP contribution in [0.15, 0.2) is 0 Å². The molecule has 0 rings (SSSR count).